The average Bonchev–Trinajstić information content (AvgIpc) is 2.97. The maximum absolute atomic E-state index is 12.7. The standard InChI is InChI=1S/C18H21N3O4/c1-21-11-15(17(20-21)13-5-7-25-8-6-13)18(24)19-14-4-2-3-12(9-14)10-16(22)23/h2-4,9,11,13H,5-8,10H2,1H3,(H,19,24)(H,22,23). The van der Waals surface area contributed by atoms with Gasteiger partial charge < -0.3 is 15.2 Å². The molecule has 0 spiro atoms. The number of aromatic nitrogens is 2. The number of ether oxygens (including phenoxy) is 1. The third-order valence-corrected chi connectivity index (χ3v) is 4.25. The minimum atomic E-state index is -0.905. The van der Waals surface area contributed by atoms with Crippen LogP contribution < -0.4 is 5.32 Å². The summed E-state index contributed by atoms with van der Waals surface area (Å²) in [6, 6.07) is 6.88. The Morgan fingerprint density at radius 3 is 2.84 bits per heavy atom. The van der Waals surface area contributed by atoms with E-state index in [-0.39, 0.29) is 18.2 Å². The molecule has 132 valence electrons. The first-order chi connectivity index (χ1) is 12.0. The summed E-state index contributed by atoms with van der Waals surface area (Å²) in [5.74, 6) is -0.923. The van der Waals surface area contributed by atoms with Crippen LogP contribution in [0.4, 0.5) is 5.69 Å². The summed E-state index contributed by atoms with van der Waals surface area (Å²) < 4.78 is 7.04. The van der Waals surface area contributed by atoms with Crippen molar-refractivity contribution in [2.75, 3.05) is 18.5 Å². The van der Waals surface area contributed by atoms with Crippen molar-refractivity contribution in [3.05, 3.63) is 47.3 Å². The van der Waals surface area contributed by atoms with E-state index in [1.54, 1.807) is 42.2 Å². The summed E-state index contributed by atoms with van der Waals surface area (Å²) in [7, 11) is 1.80. The third kappa shape index (κ3) is 4.24. The molecular weight excluding hydrogens is 322 g/mol. The van der Waals surface area contributed by atoms with Gasteiger partial charge in [-0.15, -0.1) is 0 Å². The van der Waals surface area contributed by atoms with E-state index in [2.05, 4.69) is 10.4 Å². The molecule has 2 N–H and O–H groups in total. The molecule has 3 rings (SSSR count). The average molecular weight is 343 g/mol. The summed E-state index contributed by atoms with van der Waals surface area (Å²) in [6.07, 6.45) is 3.35. The SMILES string of the molecule is Cn1cc(C(=O)Nc2cccc(CC(=O)O)c2)c(C2CCOCC2)n1. The fraction of sp³-hybridized carbons (Fsp3) is 0.389. The molecule has 7 nitrogen and oxygen atoms in total. The number of nitrogens with one attached hydrogen (secondary N) is 1. The topological polar surface area (TPSA) is 93.5 Å². The number of aliphatic carboxylic acids is 1. The quantitative estimate of drug-likeness (QED) is 0.868. The molecule has 0 unspecified atom stereocenters. The third-order valence-electron chi connectivity index (χ3n) is 4.25. The molecule has 25 heavy (non-hydrogen) atoms. The van der Waals surface area contributed by atoms with Crippen molar-refractivity contribution in [2.45, 2.75) is 25.2 Å². The number of carboxylic acid groups (broad SMARTS) is 1. The van der Waals surface area contributed by atoms with Gasteiger partial charge in [-0.05, 0) is 30.5 Å². The summed E-state index contributed by atoms with van der Waals surface area (Å²) in [4.78, 5) is 23.5. The number of aryl methyl sites for hydroxylation is 1. The lowest BCUT2D eigenvalue weighted by molar-refractivity contribution is -0.136. The Labute approximate surface area is 145 Å². The number of amides is 1. The highest BCUT2D eigenvalue weighted by molar-refractivity contribution is 6.05. The summed E-state index contributed by atoms with van der Waals surface area (Å²) in [6.45, 7) is 1.36. The van der Waals surface area contributed by atoms with Crippen LogP contribution in [0, 0.1) is 0 Å². The molecule has 1 saturated heterocycles. The van der Waals surface area contributed by atoms with Gasteiger partial charge in [-0.1, -0.05) is 12.1 Å². The minimum absolute atomic E-state index is 0.0794. The lowest BCUT2D eigenvalue weighted by Crippen LogP contribution is -2.19. The first kappa shape index (κ1) is 17.2. The van der Waals surface area contributed by atoms with Crippen molar-refractivity contribution < 1.29 is 19.4 Å². The van der Waals surface area contributed by atoms with Gasteiger partial charge in [0.1, 0.15) is 0 Å². The van der Waals surface area contributed by atoms with Crippen LogP contribution in [0.2, 0.25) is 0 Å². The van der Waals surface area contributed by atoms with Crippen LogP contribution in [0.25, 0.3) is 0 Å². The smallest absolute Gasteiger partial charge is 0.307 e. The number of rotatable bonds is 5. The molecule has 2 heterocycles. The van der Waals surface area contributed by atoms with E-state index in [9.17, 15) is 9.59 Å². The van der Waals surface area contributed by atoms with Crippen LogP contribution in [-0.2, 0) is 23.0 Å². The van der Waals surface area contributed by atoms with Crippen molar-refractivity contribution >= 4 is 17.6 Å². The molecule has 1 fully saturated rings. The van der Waals surface area contributed by atoms with Crippen LogP contribution in [0.15, 0.2) is 30.5 Å². The Hall–Kier alpha value is -2.67. The number of benzene rings is 1. The van der Waals surface area contributed by atoms with E-state index in [1.165, 1.54) is 0 Å². The van der Waals surface area contributed by atoms with Crippen molar-refractivity contribution in [2.24, 2.45) is 7.05 Å². The van der Waals surface area contributed by atoms with Crippen LogP contribution in [0.3, 0.4) is 0 Å². The highest BCUT2D eigenvalue weighted by Crippen LogP contribution is 2.28. The van der Waals surface area contributed by atoms with E-state index >= 15 is 0 Å². The van der Waals surface area contributed by atoms with Crippen LogP contribution in [-0.4, -0.2) is 40.0 Å². The van der Waals surface area contributed by atoms with Gasteiger partial charge in [0.25, 0.3) is 5.91 Å². The monoisotopic (exact) mass is 343 g/mol. The van der Waals surface area contributed by atoms with E-state index in [4.69, 9.17) is 9.84 Å². The maximum Gasteiger partial charge on any atom is 0.307 e. The molecule has 0 radical (unpaired) electrons. The molecule has 0 bridgehead atoms. The van der Waals surface area contributed by atoms with Crippen molar-refractivity contribution in [3.63, 3.8) is 0 Å². The number of carboxylic acids is 1. The fourth-order valence-electron chi connectivity index (χ4n) is 3.09. The second-order valence-corrected chi connectivity index (χ2v) is 6.21. The molecule has 0 atom stereocenters. The predicted molar refractivity (Wildman–Crippen MR) is 91.7 cm³/mol. The highest BCUT2D eigenvalue weighted by Gasteiger charge is 2.25. The number of nitrogens with zero attached hydrogens (tertiary/aromatic N) is 2. The van der Waals surface area contributed by atoms with Gasteiger partial charge in [-0.25, -0.2) is 0 Å². The van der Waals surface area contributed by atoms with Gasteiger partial charge in [0, 0.05) is 38.1 Å². The predicted octanol–water partition coefficient (Wildman–Crippen LogP) is 2.19. The zero-order valence-corrected chi connectivity index (χ0v) is 14.1. The minimum Gasteiger partial charge on any atom is -0.481 e. The maximum atomic E-state index is 12.7. The van der Waals surface area contributed by atoms with Crippen molar-refractivity contribution in [1.82, 2.24) is 9.78 Å². The Balaban J connectivity index is 1.78. The number of hydrogen-bond acceptors (Lipinski definition) is 4. The highest BCUT2D eigenvalue weighted by atomic mass is 16.5. The van der Waals surface area contributed by atoms with Gasteiger partial charge in [0.2, 0.25) is 0 Å². The van der Waals surface area contributed by atoms with E-state index < -0.39 is 5.97 Å². The van der Waals surface area contributed by atoms with E-state index in [0.29, 0.717) is 30.0 Å². The molecule has 0 aliphatic carbocycles. The molecule has 2 aromatic rings. The molecule has 1 aromatic heterocycles. The van der Waals surface area contributed by atoms with E-state index in [1.807, 2.05) is 0 Å². The van der Waals surface area contributed by atoms with Crippen LogP contribution in [0.5, 0.6) is 0 Å². The molecule has 1 aliphatic heterocycles. The first-order valence-electron chi connectivity index (χ1n) is 8.26. The number of hydrogen-bond donors (Lipinski definition) is 2. The van der Waals surface area contributed by atoms with Gasteiger partial charge in [-0.3, -0.25) is 14.3 Å². The molecule has 1 aliphatic rings. The lowest BCUT2D eigenvalue weighted by atomic mass is 9.94. The zero-order valence-electron chi connectivity index (χ0n) is 14.1. The van der Waals surface area contributed by atoms with Gasteiger partial charge in [0.05, 0.1) is 17.7 Å². The molecule has 1 aromatic carbocycles. The Kier molecular flexibility index (Phi) is 5.14. The summed E-state index contributed by atoms with van der Waals surface area (Å²) in [5, 5.41) is 16.2. The number of carbonyl (C=O) groups excluding carboxylic acids is 1. The largest absolute Gasteiger partial charge is 0.481 e. The van der Waals surface area contributed by atoms with Gasteiger partial charge in [-0.2, -0.15) is 5.10 Å². The number of anilines is 1. The van der Waals surface area contributed by atoms with Gasteiger partial charge in [0.15, 0.2) is 0 Å². The fourth-order valence-corrected chi connectivity index (χ4v) is 3.09. The summed E-state index contributed by atoms with van der Waals surface area (Å²) in [5.41, 5.74) is 2.56. The molecule has 0 saturated carbocycles. The lowest BCUT2D eigenvalue weighted by Gasteiger charge is -2.21. The van der Waals surface area contributed by atoms with Gasteiger partial charge >= 0.3 is 5.97 Å². The Bertz CT molecular complexity index is 778. The second kappa shape index (κ2) is 7.48. The summed E-state index contributed by atoms with van der Waals surface area (Å²) >= 11 is 0. The second-order valence-electron chi connectivity index (χ2n) is 6.21. The molecule has 7 heteroatoms. The van der Waals surface area contributed by atoms with E-state index in [0.717, 1.165) is 18.5 Å². The first-order valence-corrected chi connectivity index (χ1v) is 8.26. The number of carbonyl (C=O) groups is 2. The Morgan fingerprint density at radius 1 is 1.36 bits per heavy atom. The molecule has 1 amide bonds. The van der Waals surface area contributed by atoms with Crippen LogP contribution >= 0.6 is 0 Å². The molecular formula is C18H21N3O4. The zero-order chi connectivity index (χ0) is 17.8. The normalized spacial score (nSPS) is 15.1. The van der Waals surface area contributed by atoms with Crippen LogP contribution in [0.1, 0.15) is 40.4 Å². The van der Waals surface area contributed by atoms with Crippen molar-refractivity contribution in [3.8, 4) is 0 Å². The van der Waals surface area contributed by atoms with Crippen molar-refractivity contribution in [1.29, 1.82) is 0 Å². The Morgan fingerprint density at radius 2 is 2.12 bits per heavy atom.